The maximum Gasteiger partial charge on any atom is 0.271 e. The standard InChI is InChI=1S/C17H22N4O2S/c1-12-6-7-13(21(22)23)11-16(12)20-17-14(5-3-4-9-18-17)15(19-20)8-10-24-2/h6-7,11,18H,3-5,8-10H2,1-2H3. The zero-order chi connectivity index (χ0) is 17.1. The number of nitro benzene ring substituents is 1. The van der Waals surface area contributed by atoms with Gasteiger partial charge in [0.15, 0.2) is 0 Å². The van der Waals surface area contributed by atoms with Crippen molar-refractivity contribution < 1.29 is 4.92 Å². The summed E-state index contributed by atoms with van der Waals surface area (Å²) in [6, 6.07) is 4.95. The highest BCUT2D eigenvalue weighted by atomic mass is 32.2. The van der Waals surface area contributed by atoms with Crippen LogP contribution in [0.5, 0.6) is 0 Å². The maximum atomic E-state index is 11.1. The molecule has 1 aliphatic heterocycles. The summed E-state index contributed by atoms with van der Waals surface area (Å²) in [7, 11) is 0. The van der Waals surface area contributed by atoms with Gasteiger partial charge in [-0.05, 0) is 43.8 Å². The predicted molar refractivity (Wildman–Crippen MR) is 98.5 cm³/mol. The number of hydrogen-bond donors (Lipinski definition) is 1. The van der Waals surface area contributed by atoms with Crippen LogP contribution in [0, 0.1) is 17.0 Å². The number of non-ortho nitro benzene ring substituents is 1. The summed E-state index contributed by atoms with van der Waals surface area (Å²) < 4.78 is 1.87. The lowest BCUT2D eigenvalue weighted by Crippen LogP contribution is -2.08. The summed E-state index contributed by atoms with van der Waals surface area (Å²) in [5.74, 6) is 2.03. The van der Waals surface area contributed by atoms with Gasteiger partial charge < -0.3 is 5.32 Å². The van der Waals surface area contributed by atoms with E-state index in [1.807, 2.05) is 23.4 Å². The Kier molecular flexibility index (Phi) is 5.08. The molecule has 0 spiro atoms. The number of nitro groups is 1. The van der Waals surface area contributed by atoms with E-state index in [2.05, 4.69) is 11.6 Å². The Balaban J connectivity index is 2.12. The molecule has 128 valence electrons. The average Bonchev–Trinajstić information content (AvgIpc) is 2.74. The van der Waals surface area contributed by atoms with Crippen molar-refractivity contribution in [2.75, 3.05) is 23.9 Å². The Morgan fingerprint density at radius 3 is 3.00 bits per heavy atom. The minimum Gasteiger partial charge on any atom is -0.370 e. The number of benzene rings is 1. The number of anilines is 1. The van der Waals surface area contributed by atoms with Crippen LogP contribution < -0.4 is 5.32 Å². The number of nitrogens with one attached hydrogen (secondary N) is 1. The third kappa shape index (κ3) is 3.26. The van der Waals surface area contributed by atoms with E-state index in [-0.39, 0.29) is 10.6 Å². The van der Waals surface area contributed by atoms with Crippen LogP contribution in [0.15, 0.2) is 18.2 Å². The first-order chi connectivity index (χ1) is 11.6. The smallest absolute Gasteiger partial charge is 0.271 e. The van der Waals surface area contributed by atoms with Crippen molar-refractivity contribution >= 4 is 23.3 Å². The van der Waals surface area contributed by atoms with Gasteiger partial charge in [-0.1, -0.05) is 6.07 Å². The highest BCUT2D eigenvalue weighted by Gasteiger charge is 2.22. The fourth-order valence-corrected chi connectivity index (χ4v) is 3.48. The normalized spacial score (nSPS) is 13.9. The van der Waals surface area contributed by atoms with E-state index in [0.717, 1.165) is 60.7 Å². The van der Waals surface area contributed by atoms with Crippen molar-refractivity contribution in [1.29, 1.82) is 0 Å². The number of aryl methyl sites for hydroxylation is 2. The molecule has 3 rings (SSSR count). The monoisotopic (exact) mass is 346 g/mol. The topological polar surface area (TPSA) is 73.0 Å². The number of hydrogen-bond acceptors (Lipinski definition) is 5. The average molecular weight is 346 g/mol. The molecule has 1 aromatic carbocycles. The number of aromatic nitrogens is 2. The number of thioether (sulfide) groups is 1. The fraction of sp³-hybridized carbons (Fsp3) is 0.471. The molecule has 0 saturated heterocycles. The lowest BCUT2D eigenvalue weighted by molar-refractivity contribution is -0.384. The van der Waals surface area contributed by atoms with Crippen molar-refractivity contribution in [3.05, 3.63) is 45.1 Å². The molecule has 0 atom stereocenters. The van der Waals surface area contributed by atoms with Gasteiger partial charge in [0.2, 0.25) is 0 Å². The Hall–Kier alpha value is -2.02. The molecule has 6 nitrogen and oxygen atoms in total. The summed E-state index contributed by atoms with van der Waals surface area (Å²) >= 11 is 1.81. The molecule has 0 saturated carbocycles. The van der Waals surface area contributed by atoms with E-state index < -0.39 is 0 Å². The second kappa shape index (κ2) is 7.25. The van der Waals surface area contributed by atoms with E-state index in [1.165, 1.54) is 5.56 Å². The molecular formula is C17H22N4O2S. The number of fused-ring (bicyclic) bond motifs is 1. The summed E-state index contributed by atoms with van der Waals surface area (Å²) in [5.41, 5.74) is 4.24. The van der Waals surface area contributed by atoms with Gasteiger partial charge in [-0.3, -0.25) is 10.1 Å². The first-order valence-electron chi connectivity index (χ1n) is 8.21. The van der Waals surface area contributed by atoms with Gasteiger partial charge in [0.05, 0.1) is 16.3 Å². The van der Waals surface area contributed by atoms with Crippen molar-refractivity contribution in [2.24, 2.45) is 0 Å². The van der Waals surface area contributed by atoms with Gasteiger partial charge in [0.25, 0.3) is 5.69 Å². The van der Waals surface area contributed by atoms with Gasteiger partial charge in [-0.25, -0.2) is 4.68 Å². The summed E-state index contributed by atoms with van der Waals surface area (Å²) in [5, 5.41) is 19.5. The van der Waals surface area contributed by atoms with Crippen molar-refractivity contribution in [1.82, 2.24) is 9.78 Å². The summed E-state index contributed by atoms with van der Waals surface area (Å²) in [6.45, 7) is 2.88. The largest absolute Gasteiger partial charge is 0.370 e. The van der Waals surface area contributed by atoms with Gasteiger partial charge in [0.1, 0.15) is 5.82 Å². The number of nitrogens with zero attached hydrogens (tertiary/aromatic N) is 3. The van der Waals surface area contributed by atoms with Crippen LogP contribution >= 0.6 is 11.8 Å². The van der Waals surface area contributed by atoms with Crippen LogP contribution in [0.4, 0.5) is 11.5 Å². The minimum absolute atomic E-state index is 0.0964. The van der Waals surface area contributed by atoms with E-state index in [4.69, 9.17) is 5.10 Å². The highest BCUT2D eigenvalue weighted by Crippen LogP contribution is 2.31. The van der Waals surface area contributed by atoms with E-state index >= 15 is 0 Å². The molecule has 7 heteroatoms. The summed E-state index contributed by atoms with van der Waals surface area (Å²) in [6.07, 6.45) is 6.31. The molecular weight excluding hydrogens is 324 g/mol. The molecule has 0 unspecified atom stereocenters. The first kappa shape index (κ1) is 16.8. The summed E-state index contributed by atoms with van der Waals surface area (Å²) in [4.78, 5) is 10.8. The van der Waals surface area contributed by atoms with Crippen LogP contribution in [-0.4, -0.2) is 33.3 Å². The van der Waals surface area contributed by atoms with Gasteiger partial charge in [0, 0.05) is 30.7 Å². The highest BCUT2D eigenvalue weighted by molar-refractivity contribution is 7.98. The van der Waals surface area contributed by atoms with E-state index in [9.17, 15) is 10.1 Å². The van der Waals surface area contributed by atoms with Crippen molar-refractivity contribution in [3.8, 4) is 5.69 Å². The third-order valence-corrected chi connectivity index (χ3v) is 5.00. The maximum absolute atomic E-state index is 11.1. The molecule has 24 heavy (non-hydrogen) atoms. The lowest BCUT2D eigenvalue weighted by atomic mass is 10.1. The van der Waals surface area contributed by atoms with Gasteiger partial charge in [-0.2, -0.15) is 16.9 Å². The quantitative estimate of drug-likeness (QED) is 0.659. The molecule has 1 aromatic heterocycles. The van der Waals surface area contributed by atoms with E-state index in [0.29, 0.717) is 0 Å². The molecule has 1 aliphatic rings. The molecule has 0 radical (unpaired) electrons. The predicted octanol–water partition coefficient (Wildman–Crippen LogP) is 3.74. The molecule has 2 heterocycles. The Morgan fingerprint density at radius 2 is 2.25 bits per heavy atom. The Labute approximate surface area is 145 Å². The lowest BCUT2D eigenvalue weighted by Gasteiger charge is -2.11. The minimum atomic E-state index is -0.354. The molecule has 2 aromatic rings. The van der Waals surface area contributed by atoms with Crippen LogP contribution in [0.2, 0.25) is 0 Å². The second-order valence-corrected chi connectivity index (χ2v) is 7.03. The van der Waals surface area contributed by atoms with Gasteiger partial charge >= 0.3 is 0 Å². The zero-order valence-corrected chi connectivity index (χ0v) is 14.9. The SMILES string of the molecule is CSCCc1nn(-c2cc([N+](=O)[O-])ccc2C)c2c1CCCCN2. The molecule has 0 bridgehead atoms. The van der Waals surface area contributed by atoms with Crippen LogP contribution in [0.1, 0.15) is 29.7 Å². The van der Waals surface area contributed by atoms with Crippen LogP contribution in [-0.2, 0) is 12.8 Å². The third-order valence-electron chi connectivity index (χ3n) is 4.39. The molecule has 0 amide bonds. The Morgan fingerprint density at radius 1 is 1.42 bits per heavy atom. The van der Waals surface area contributed by atoms with Gasteiger partial charge in [-0.15, -0.1) is 0 Å². The van der Waals surface area contributed by atoms with Crippen molar-refractivity contribution in [3.63, 3.8) is 0 Å². The zero-order valence-electron chi connectivity index (χ0n) is 14.0. The Bertz CT molecular complexity index is 757. The number of rotatable bonds is 5. The van der Waals surface area contributed by atoms with Crippen LogP contribution in [0.25, 0.3) is 5.69 Å². The molecule has 0 fully saturated rings. The fourth-order valence-electron chi connectivity index (χ4n) is 3.09. The second-order valence-electron chi connectivity index (χ2n) is 6.04. The van der Waals surface area contributed by atoms with Crippen LogP contribution in [0.3, 0.4) is 0 Å². The van der Waals surface area contributed by atoms with Crippen molar-refractivity contribution in [2.45, 2.75) is 32.6 Å². The first-order valence-corrected chi connectivity index (χ1v) is 9.60. The molecule has 0 aliphatic carbocycles. The van der Waals surface area contributed by atoms with E-state index in [1.54, 1.807) is 18.2 Å². The molecule has 1 N–H and O–H groups in total.